The maximum absolute atomic E-state index is 13.1. The number of amides is 1. The predicted octanol–water partition coefficient (Wildman–Crippen LogP) is 0.828. The second kappa shape index (κ2) is 4.53. The van der Waals surface area contributed by atoms with Crippen LogP contribution in [0.15, 0.2) is 24.3 Å². The van der Waals surface area contributed by atoms with Crippen molar-refractivity contribution in [3.8, 4) is 0 Å². The monoisotopic (exact) mass is 237 g/mol. The molecule has 0 unspecified atom stereocenters. The molecule has 90 valence electrons. The molecule has 1 fully saturated rings. The molecule has 0 saturated carbocycles. The quantitative estimate of drug-likeness (QED) is 0.612. The zero-order chi connectivity index (χ0) is 12.4. The molecule has 2 rings (SSSR count). The van der Waals surface area contributed by atoms with Crippen LogP contribution >= 0.6 is 0 Å². The second-order valence-corrected chi connectivity index (χ2v) is 3.91. The molecule has 1 heterocycles. The van der Waals surface area contributed by atoms with Gasteiger partial charge in [0.25, 0.3) is 0 Å². The molecule has 1 saturated heterocycles. The summed E-state index contributed by atoms with van der Waals surface area (Å²) in [6.07, 6.45) is 0. The van der Waals surface area contributed by atoms with Crippen LogP contribution in [-0.2, 0) is 14.3 Å². The maximum atomic E-state index is 13.1. The van der Waals surface area contributed by atoms with Crippen molar-refractivity contribution in [1.82, 2.24) is 5.32 Å². The first-order chi connectivity index (χ1) is 8.13. The largest absolute Gasteiger partial charge is 0.468 e. The van der Waals surface area contributed by atoms with Gasteiger partial charge < -0.3 is 10.1 Å². The van der Waals surface area contributed by atoms with E-state index >= 15 is 0 Å². The fourth-order valence-corrected chi connectivity index (χ4v) is 2.07. The number of esters is 1. The molecule has 0 aromatic heterocycles. The van der Waals surface area contributed by atoms with E-state index < -0.39 is 11.9 Å². The van der Waals surface area contributed by atoms with Crippen LogP contribution in [0.25, 0.3) is 0 Å². The molecule has 1 N–H and O–H groups in total. The standard InChI is InChI=1S/C12H12FNO3/c1-17-12(16)10-9(6-14-11(10)15)7-3-2-4-8(13)5-7/h2-5,9-10H,6H2,1H3,(H,14,15)/t9-,10-/m1/s1. The first-order valence-electron chi connectivity index (χ1n) is 5.24. The Morgan fingerprint density at radius 2 is 2.29 bits per heavy atom. The summed E-state index contributed by atoms with van der Waals surface area (Å²) in [5.41, 5.74) is 0.624. The molecular weight excluding hydrogens is 225 g/mol. The minimum absolute atomic E-state index is 0.321. The second-order valence-electron chi connectivity index (χ2n) is 3.91. The van der Waals surface area contributed by atoms with Gasteiger partial charge in [-0.25, -0.2) is 4.39 Å². The topological polar surface area (TPSA) is 55.4 Å². The summed E-state index contributed by atoms with van der Waals surface area (Å²) in [5.74, 6) is -2.60. The number of halogens is 1. The van der Waals surface area contributed by atoms with E-state index in [2.05, 4.69) is 10.1 Å². The van der Waals surface area contributed by atoms with Crippen LogP contribution in [0.1, 0.15) is 11.5 Å². The lowest BCUT2D eigenvalue weighted by Gasteiger charge is -2.14. The van der Waals surface area contributed by atoms with Gasteiger partial charge in [0.1, 0.15) is 11.7 Å². The molecule has 0 aliphatic carbocycles. The SMILES string of the molecule is COC(=O)[C@H]1C(=O)NC[C@@H]1c1cccc(F)c1. The predicted molar refractivity (Wildman–Crippen MR) is 57.7 cm³/mol. The van der Waals surface area contributed by atoms with E-state index in [1.807, 2.05) is 0 Å². The fourth-order valence-electron chi connectivity index (χ4n) is 2.07. The molecule has 0 radical (unpaired) electrons. The number of carbonyl (C=O) groups is 2. The number of hydrogen-bond donors (Lipinski definition) is 1. The van der Waals surface area contributed by atoms with Gasteiger partial charge in [-0.3, -0.25) is 9.59 Å². The summed E-state index contributed by atoms with van der Waals surface area (Å²) in [7, 11) is 1.23. The molecule has 5 heteroatoms. The first-order valence-corrected chi connectivity index (χ1v) is 5.24. The van der Waals surface area contributed by atoms with Gasteiger partial charge in [0.2, 0.25) is 5.91 Å². The Morgan fingerprint density at radius 1 is 1.53 bits per heavy atom. The van der Waals surface area contributed by atoms with Crippen molar-refractivity contribution < 1.29 is 18.7 Å². The van der Waals surface area contributed by atoms with E-state index in [4.69, 9.17) is 0 Å². The lowest BCUT2D eigenvalue weighted by Crippen LogP contribution is -2.28. The maximum Gasteiger partial charge on any atom is 0.318 e. The summed E-state index contributed by atoms with van der Waals surface area (Å²) >= 11 is 0. The summed E-state index contributed by atoms with van der Waals surface area (Å²) in [6, 6.07) is 5.91. The van der Waals surface area contributed by atoms with Gasteiger partial charge in [-0.15, -0.1) is 0 Å². The van der Waals surface area contributed by atoms with Gasteiger partial charge in [0, 0.05) is 12.5 Å². The van der Waals surface area contributed by atoms with Crippen LogP contribution in [0.3, 0.4) is 0 Å². The van der Waals surface area contributed by atoms with Crippen LogP contribution in [-0.4, -0.2) is 25.5 Å². The number of benzene rings is 1. The van der Waals surface area contributed by atoms with Crippen molar-refractivity contribution in [2.75, 3.05) is 13.7 Å². The zero-order valence-corrected chi connectivity index (χ0v) is 9.27. The molecule has 1 aromatic rings. The van der Waals surface area contributed by atoms with E-state index in [9.17, 15) is 14.0 Å². The minimum Gasteiger partial charge on any atom is -0.468 e. The molecule has 0 spiro atoms. The summed E-state index contributed by atoms with van der Waals surface area (Å²) < 4.78 is 17.7. The number of nitrogens with one attached hydrogen (secondary N) is 1. The van der Waals surface area contributed by atoms with E-state index in [1.54, 1.807) is 12.1 Å². The van der Waals surface area contributed by atoms with Crippen molar-refractivity contribution in [2.45, 2.75) is 5.92 Å². The van der Waals surface area contributed by atoms with Crippen molar-refractivity contribution >= 4 is 11.9 Å². The molecule has 1 amide bonds. The average Bonchev–Trinajstić information content (AvgIpc) is 2.70. The molecule has 0 bridgehead atoms. The molecule has 1 aromatic carbocycles. The third-order valence-corrected chi connectivity index (χ3v) is 2.91. The molecule has 2 atom stereocenters. The lowest BCUT2D eigenvalue weighted by molar-refractivity contribution is -0.149. The van der Waals surface area contributed by atoms with Gasteiger partial charge in [-0.1, -0.05) is 12.1 Å². The van der Waals surface area contributed by atoms with Crippen molar-refractivity contribution in [3.63, 3.8) is 0 Å². The minimum atomic E-state index is -0.887. The van der Waals surface area contributed by atoms with Gasteiger partial charge >= 0.3 is 5.97 Å². The Labute approximate surface area is 97.8 Å². The normalized spacial score (nSPS) is 23.3. The third-order valence-electron chi connectivity index (χ3n) is 2.91. The van der Waals surface area contributed by atoms with Crippen molar-refractivity contribution in [3.05, 3.63) is 35.6 Å². The first kappa shape index (κ1) is 11.6. The van der Waals surface area contributed by atoms with Crippen molar-refractivity contribution in [1.29, 1.82) is 0 Å². The Balaban J connectivity index is 2.31. The van der Waals surface area contributed by atoms with Crippen LogP contribution in [0.5, 0.6) is 0 Å². The Morgan fingerprint density at radius 3 is 2.94 bits per heavy atom. The van der Waals surface area contributed by atoms with Gasteiger partial charge in [0.15, 0.2) is 0 Å². The zero-order valence-electron chi connectivity index (χ0n) is 9.27. The molecule has 17 heavy (non-hydrogen) atoms. The summed E-state index contributed by atoms with van der Waals surface area (Å²) in [5, 5.41) is 2.59. The number of ether oxygens (including phenoxy) is 1. The van der Waals surface area contributed by atoms with E-state index in [0.717, 1.165) is 0 Å². The van der Waals surface area contributed by atoms with E-state index in [-0.39, 0.29) is 17.6 Å². The number of rotatable bonds is 2. The molecule has 1 aliphatic heterocycles. The smallest absolute Gasteiger partial charge is 0.318 e. The van der Waals surface area contributed by atoms with Gasteiger partial charge in [-0.05, 0) is 17.7 Å². The lowest BCUT2D eigenvalue weighted by atomic mass is 9.88. The van der Waals surface area contributed by atoms with Crippen LogP contribution in [0, 0.1) is 11.7 Å². The number of hydrogen-bond acceptors (Lipinski definition) is 3. The summed E-state index contributed by atoms with van der Waals surface area (Å²) in [6.45, 7) is 0.321. The highest BCUT2D eigenvalue weighted by Crippen LogP contribution is 2.30. The fraction of sp³-hybridized carbons (Fsp3) is 0.333. The summed E-state index contributed by atoms with van der Waals surface area (Å²) in [4.78, 5) is 23.1. The Bertz CT molecular complexity index is 461. The Hall–Kier alpha value is -1.91. The number of carbonyl (C=O) groups excluding carboxylic acids is 2. The Kier molecular flexibility index (Phi) is 3.08. The van der Waals surface area contributed by atoms with Crippen LogP contribution in [0.4, 0.5) is 4.39 Å². The van der Waals surface area contributed by atoms with Crippen molar-refractivity contribution in [2.24, 2.45) is 5.92 Å². The highest BCUT2D eigenvalue weighted by Gasteiger charge is 2.41. The van der Waals surface area contributed by atoms with Gasteiger partial charge in [0.05, 0.1) is 7.11 Å². The highest BCUT2D eigenvalue weighted by molar-refractivity contribution is 6.00. The average molecular weight is 237 g/mol. The van der Waals surface area contributed by atoms with Gasteiger partial charge in [-0.2, -0.15) is 0 Å². The molecular formula is C12H12FNO3. The number of methoxy groups -OCH3 is 1. The third kappa shape index (κ3) is 2.13. The van der Waals surface area contributed by atoms with Crippen LogP contribution in [0.2, 0.25) is 0 Å². The van der Waals surface area contributed by atoms with Crippen LogP contribution < -0.4 is 5.32 Å². The molecule has 1 aliphatic rings. The van der Waals surface area contributed by atoms with E-state index in [0.29, 0.717) is 12.1 Å². The van der Waals surface area contributed by atoms with E-state index in [1.165, 1.54) is 19.2 Å². The highest BCUT2D eigenvalue weighted by atomic mass is 19.1. The molecule has 4 nitrogen and oxygen atoms in total.